The van der Waals surface area contributed by atoms with Crippen LogP contribution in [0.25, 0.3) is 0 Å². The van der Waals surface area contributed by atoms with Gasteiger partial charge >= 0.3 is 0 Å². The lowest BCUT2D eigenvalue weighted by Crippen LogP contribution is -2.11. The maximum Gasteiger partial charge on any atom is 0.251 e. The normalized spacial score (nSPS) is 10.4. The number of nitrogens with one attached hydrogen (secondary N) is 1. The van der Waals surface area contributed by atoms with E-state index in [-0.39, 0.29) is 5.56 Å². The second-order valence-electron chi connectivity index (χ2n) is 3.98. The van der Waals surface area contributed by atoms with Gasteiger partial charge in [-0.1, -0.05) is 30.0 Å². The quantitative estimate of drug-likeness (QED) is 0.481. The number of nitrogens with zero attached hydrogens (tertiary/aromatic N) is 1. The number of benzene rings is 1. The van der Waals surface area contributed by atoms with Crippen molar-refractivity contribution < 1.29 is 9.47 Å². The first-order valence-electron chi connectivity index (χ1n) is 6.18. The van der Waals surface area contributed by atoms with Gasteiger partial charge in [-0.25, -0.2) is 4.98 Å². The minimum Gasteiger partial charge on any atom is -0.493 e. The van der Waals surface area contributed by atoms with Crippen LogP contribution in [-0.4, -0.2) is 29.4 Å². The third kappa shape index (κ3) is 4.71. The summed E-state index contributed by atoms with van der Waals surface area (Å²) in [5, 5.41) is 0.584. The van der Waals surface area contributed by atoms with Gasteiger partial charge in [-0.2, -0.15) is 0 Å². The van der Waals surface area contributed by atoms with Crippen molar-refractivity contribution in [1.82, 2.24) is 9.97 Å². The molecule has 0 atom stereocenters. The highest BCUT2D eigenvalue weighted by Crippen LogP contribution is 2.13. The molecule has 5 nitrogen and oxygen atoms in total. The molecule has 0 aliphatic heterocycles. The lowest BCUT2D eigenvalue weighted by Gasteiger charge is -2.06. The van der Waals surface area contributed by atoms with E-state index in [1.165, 1.54) is 17.8 Å². The molecule has 1 heterocycles. The Hall–Kier alpha value is -1.79. The van der Waals surface area contributed by atoms with Gasteiger partial charge in [0.25, 0.3) is 5.56 Å². The van der Waals surface area contributed by atoms with Gasteiger partial charge in [0, 0.05) is 18.9 Å². The number of ether oxygens (including phenoxy) is 2. The first kappa shape index (κ1) is 14.6. The fraction of sp³-hybridized carbons (Fsp3) is 0.286. The van der Waals surface area contributed by atoms with Crippen molar-refractivity contribution in [2.45, 2.75) is 11.8 Å². The van der Waals surface area contributed by atoms with Crippen molar-refractivity contribution in [1.29, 1.82) is 0 Å². The predicted molar refractivity (Wildman–Crippen MR) is 78.2 cm³/mol. The zero-order valence-corrected chi connectivity index (χ0v) is 12.0. The fourth-order valence-corrected chi connectivity index (χ4v) is 2.30. The number of para-hydroxylation sites is 1. The van der Waals surface area contributed by atoms with Crippen LogP contribution in [0.2, 0.25) is 0 Å². The Kier molecular flexibility index (Phi) is 5.64. The Morgan fingerprint density at radius 1 is 1.30 bits per heavy atom. The van der Waals surface area contributed by atoms with Crippen LogP contribution < -0.4 is 10.3 Å². The molecule has 2 aromatic rings. The van der Waals surface area contributed by atoms with Crippen LogP contribution in [-0.2, 0) is 11.3 Å². The molecular weight excluding hydrogens is 276 g/mol. The van der Waals surface area contributed by atoms with Crippen LogP contribution in [0.15, 0.2) is 46.3 Å². The number of aromatic amines is 1. The van der Waals surface area contributed by atoms with Gasteiger partial charge in [-0.05, 0) is 12.1 Å². The highest BCUT2D eigenvalue weighted by molar-refractivity contribution is 7.99. The second-order valence-corrected chi connectivity index (χ2v) is 5.07. The molecule has 0 spiro atoms. The summed E-state index contributed by atoms with van der Waals surface area (Å²) in [4.78, 5) is 18.4. The Labute approximate surface area is 121 Å². The largest absolute Gasteiger partial charge is 0.493 e. The lowest BCUT2D eigenvalue weighted by atomic mass is 10.3. The number of methoxy groups -OCH3 is 1. The zero-order valence-electron chi connectivity index (χ0n) is 11.2. The third-order valence-electron chi connectivity index (χ3n) is 2.40. The molecule has 0 fully saturated rings. The van der Waals surface area contributed by atoms with Crippen LogP contribution in [0.4, 0.5) is 0 Å². The van der Waals surface area contributed by atoms with E-state index in [1.54, 1.807) is 7.11 Å². The van der Waals surface area contributed by atoms with Crippen molar-refractivity contribution in [3.8, 4) is 5.75 Å². The van der Waals surface area contributed by atoms with Gasteiger partial charge in [-0.15, -0.1) is 0 Å². The molecular formula is C14H16N2O3S. The van der Waals surface area contributed by atoms with Gasteiger partial charge in [0.05, 0.1) is 18.9 Å². The number of rotatable bonds is 7. The fourth-order valence-electron chi connectivity index (χ4n) is 1.59. The molecule has 0 aliphatic carbocycles. The van der Waals surface area contributed by atoms with Crippen molar-refractivity contribution in [3.63, 3.8) is 0 Å². The SMILES string of the molecule is COCc1cc(=O)[nH]c(SCCOc2ccccc2)n1. The molecule has 0 radical (unpaired) electrons. The number of hydrogen-bond donors (Lipinski definition) is 1. The molecule has 0 unspecified atom stereocenters. The summed E-state index contributed by atoms with van der Waals surface area (Å²) in [5.41, 5.74) is 0.459. The monoisotopic (exact) mass is 292 g/mol. The standard InChI is InChI=1S/C14H16N2O3S/c1-18-10-11-9-13(17)16-14(15-11)20-8-7-19-12-5-3-2-4-6-12/h2-6,9H,7-8,10H2,1H3,(H,15,16,17). The maximum atomic E-state index is 11.4. The molecule has 1 aromatic carbocycles. The van der Waals surface area contributed by atoms with E-state index < -0.39 is 0 Å². The van der Waals surface area contributed by atoms with Crippen LogP contribution in [0.3, 0.4) is 0 Å². The topological polar surface area (TPSA) is 64.2 Å². The number of H-pyrrole nitrogens is 1. The van der Waals surface area contributed by atoms with Gasteiger partial charge < -0.3 is 14.5 Å². The van der Waals surface area contributed by atoms with E-state index in [1.807, 2.05) is 30.3 Å². The molecule has 1 N–H and O–H groups in total. The summed E-state index contributed by atoms with van der Waals surface area (Å²) in [6, 6.07) is 11.0. The summed E-state index contributed by atoms with van der Waals surface area (Å²) in [6.07, 6.45) is 0. The Bertz CT molecular complexity index is 586. The number of aromatic nitrogens is 2. The molecule has 6 heteroatoms. The van der Waals surface area contributed by atoms with Crippen LogP contribution in [0.1, 0.15) is 5.69 Å². The van der Waals surface area contributed by atoms with Crippen molar-refractivity contribution in [2.75, 3.05) is 19.5 Å². The third-order valence-corrected chi connectivity index (χ3v) is 3.24. The van der Waals surface area contributed by atoms with E-state index in [4.69, 9.17) is 9.47 Å². The highest BCUT2D eigenvalue weighted by Gasteiger charge is 2.02. The summed E-state index contributed by atoms with van der Waals surface area (Å²) in [5.74, 6) is 1.54. The molecule has 106 valence electrons. The summed E-state index contributed by atoms with van der Waals surface area (Å²) < 4.78 is 10.5. The van der Waals surface area contributed by atoms with Crippen molar-refractivity contribution >= 4 is 11.8 Å². The van der Waals surface area contributed by atoms with Gasteiger partial charge in [0.1, 0.15) is 5.75 Å². The molecule has 0 bridgehead atoms. The molecule has 0 aliphatic rings. The minimum atomic E-state index is -0.168. The summed E-state index contributed by atoms with van der Waals surface area (Å²) in [6.45, 7) is 0.880. The van der Waals surface area contributed by atoms with Crippen molar-refractivity contribution in [3.05, 3.63) is 52.4 Å². The van der Waals surface area contributed by atoms with E-state index in [2.05, 4.69) is 9.97 Å². The first-order valence-corrected chi connectivity index (χ1v) is 7.16. The Morgan fingerprint density at radius 3 is 2.85 bits per heavy atom. The summed E-state index contributed by atoms with van der Waals surface area (Å²) >= 11 is 1.45. The van der Waals surface area contributed by atoms with Gasteiger partial charge in [-0.3, -0.25) is 4.79 Å². The molecule has 0 amide bonds. The van der Waals surface area contributed by atoms with Crippen LogP contribution >= 0.6 is 11.8 Å². The molecule has 20 heavy (non-hydrogen) atoms. The van der Waals surface area contributed by atoms with Gasteiger partial charge in [0.15, 0.2) is 5.16 Å². The van der Waals surface area contributed by atoms with Crippen LogP contribution in [0, 0.1) is 0 Å². The van der Waals surface area contributed by atoms with Crippen LogP contribution in [0.5, 0.6) is 5.75 Å². The van der Waals surface area contributed by atoms with E-state index in [9.17, 15) is 4.79 Å². The van der Waals surface area contributed by atoms with E-state index >= 15 is 0 Å². The molecule has 2 rings (SSSR count). The molecule has 1 aromatic heterocycles. The van der Waals surface area contributed by atoms with Gasteiger partial charge in [0.2, 0.25) is 0 Å². The second kappa shape index (κ2) is 7.72. The minimum absolute atomic E-state index is 0.168. The summed E-state index contributed by atoms with van der Waals surface area (Å²) in [7, 11) is 1.57. The number of hydrogen-bond acceptors (Lipinski definition) is 5. The maximum absolute atomic E-state index is 11.4. The van der Waals surface area contributed by atoms with E-state index in [0.717, 1.165) is 5.75 Å². The predicted octanol–water partition coefficient (Wildman–Crippen LogP) is 2.09. The molecule has 0 saturated heterocycles. The first-order chi connectivity index (χ1) is 9.78. The lowest BCUT2D eigenvalue weighted by molar-refractivity contribution is 0.180. The zero-order chi connectivity index (χ0) is 14.2. The number of thioether (sulfide) groups is 1. The Morgan fingerprint density at radius 2 is 2.10 bits per heavy atom. The molecule has 0 saturated carbocycles. The van der Waals surface area contributed by atoms with Crippen molar-refractivity contribution in [2.24, 2.45) is 0 Å². The Balaban J connectivity index is 1.83. The average molecular weight is 292 g/mol. The smallest absolute Gasteiger partial charge is 0.251 e. The average Bonchev–Trinajstić information content (AvgIpc) is 2.45. The highest BCUT2D eigenvalue weighted by atomic mass is 32.2. The van der Waals surface area contributed by atoms with E-state index in [0.29, 0.717) is 29.8 Å².